The van der Waals surface area contributed by atoms with Gasteiger partial charge in [0, 0.05) is 25.5 Å². The van der Waals surface area contributed by atoms with E-state index in [4.69, 9.17) is 17.0 Å². The lowest BCUT2D eigenvalue weighted by atomic mass is 10.1. The van der Waals surface area contributed by atoms with E-state index in [9.17, 15) is 0 Å². The molecular formula is C13H19N3OS. The summed E-state index contributed by atoms with van der Waals surface area (Å²) in [6, 6.07) is 4.15. The van der Waals surface area contributed by atoms with Gasteiger partial charge in [-0.3, -0.25) is 4.98 Å². The van der Waals surface area contributed by atoms with Gasteiger partial charge < -0.3 is 15.4 Å². The average Bonchev–Trinajstić information content (AvgIpc) is 2.90. The third-order valence-electron chi connectivity index (χ3n) is 3.07. The van der Waals surface area contributed by atoms with Gasteiger partial charge in [-0.15, -0.1) is 0 Å². The Morgan fingerprint density at radius 3 is 3.00 bits per heavy atom. The number of hydrogen-bond acceptors (Lipinski definition) is 3. The van der Waals surface area contributed by atoms with Crippen LogP contribution in [-0.2, 0) is 4.74 Å². The van der Waals surface area contributed by atoms with Crippen molar-refractivity contribution in [2.75, 3.05) is 13.2 Å². The minimum absolute atomic E-state index is 0.178. The summed E-state index contributed by atoms with van der Waals surface area (Å²) in [5.41, 5.74) is 1.17. The fourth-order valence-electron chi connectivity index (χ4n) is 1.99. The predicted octanol–water partition coefficient (Wildman–Crippen LogP) is 1.79. The second-order valence-corrected chi connectivity index (χ2v) is 4.90. The van der Waals surface area contributed by atoms with Crippen LogP contribution in [-0.4, -0.2) is 29.4 Å². The maximum Gasteiger partial charge on any atom is 0.166 e. The lowest BCUT2D eigenvalue weighted by molar-refractivity contribution is 0.114. The first-order valence-electron chi connectivity index (χ1n) is 6.31. The smallest absolute Gasteiger partial charge is 0.166 e. The third-order valence-corrected chi connectivity index (χ3v) is 3.33. The molecule has 1 saturated heterocycles. The minimum Gasteiger partial charge on any atom is -0.376 e. The topological polar surface area (TPSA) is 46.2 Å². The molecule has 1 aromatic heterocycles. The van der Waals surface area contributed by atoms with Crippen LogP contribution in [0.25, 0.3) is 0 Å². The largest absolute Gasteiger partial charge is 0.376 e. The summed E-state index contributed by atoms with van der Waals surface area (Å²) < 4.78 is 5.53. The highest BCUT2D eigenvalue weighted by Gasteiger charge is 2.15. The molecule has 1 aliphatic rings. The van der Waals surface area contributed by atoms with Gasteiger partial charge in [0.15, 0.2) is 5.11 Å². The van der Waals surface area contributed by atoms with Gasteiger partial charge in [-0.1, -0.05) is 0 Å². The van der Waals surface area contributed by atoms with Crippen LogP contribution in [0, 0.1) is 0 Å². The maximum atomic E-state index is 5.53. The summed E-state index contributed by atoms with van der Waals surface area (Å²) >= 11 is 5.27. The molecule has 0 radical (unpaired) electrons. The molecule has 2 heterocycles. The number of hydrogen-bond donors (Lipinski definition) is 2. The third kappa shape index (κ3) is 3.92. The van der Waals surface area contributed by atoms with Crippen LogP contribution in [0.2, 0.25) is 0 Å². The Morgan fingerprint density at radius 2 is 2.33 bits per heavy atom. The van der Waals surface area contributed by atoms with Crippen molar-refractivity contribution < 1.29 is 4.74 Å². The van der Waals surface area contributed by atoms with Gasteiger partial charge in [-0.25, -0.2) is 0 Å². The van der Waals surface area contributed by atoms with Crippen molar-refractivity contribution in [3.8, 4) is 0 Å². The maximum absolute atomic E-state index is 5.53. The predicted molar refractivity (Wildman–Crippen MR) is 75.4 cm³/mol. The number of aromatic nitrogens is 1. The first-order chi connectivity index (χ1) is 8.75. The second-order valence-electron chi connectivity index (χ2n) is 4.49. The monoisotopic (exact) mass is 265 g/mol. The molecule has 2 atom stereocenters. The van der Waals surface area contributed by atoms with Crippen LogP contribution in [0.3, 0.4) is 0 Å². The molecule has 0 bridgehead atoms. The molecule has 2 rings (SSSR count). The Kier molecular flexibility index (Phi) is 4.90. The van der Waals surface area contributed by atoms with E-state index in [0.717, 1.165) is 26.0 Å². The van der Waals surface area contributed by atoms with E-state index in [1.807, 2.05) is 12.1 Å². The number of thiocarbonyl (C=S) groups is 1. The normalized spacial score (nSPS) is 20.4. The number of nitrogens with zero attached hydrogens (tertiary/aromatic N) is 1. The standard InChI is InChI=1S/C13H19N3OS/c1-10(11-4-6-14-7-5-11)16-13(18)15-9-12-3-2-8-17-12/h4-7,10,12H,2-3,8-9H2,1H3,(H2,15,16,18)/t10-,12+/m0/s1. The molecule has 0 amide bonds. The molecule has 4 nitrogen and oxygen atoms in total. The van der Waals surface area contributed by atoms with E-state index in [2.05, 4.69) is 22.5 Å². The molecule has 5 heteroatoms. The first-order valence-corrected chi connectivity index (χ1v) is 6.72. The fourth-order valence-corrected chi connectivity index (χ4v) is 2.26. The molecule has 1 fully saturated rings. The Bertz CT molecular complexity index is 379. The van der Waals surface area contributed by atoms with Crippen molar-refractivity contribution in [1.29, 1.82) is 0 Å². The van der Waals surface area contributed by atoms with Gasteiger partial charge in [0.25, 0.3) is 0 Å². The lowest BCUT2D eigenvalue weighted by Gasteiger charge is -2.18. The van der Waals surface area contributed by atoms with Crippen molar-refractivity contribution in [2.45, 2.75) is 31.9 Å². The fraction of sp³-hybridized carbons (Fsp3) is 0.538. The Morgan fingerprint density at radius 1 is 1.56 bits per heavy atom. The van der Waals surface area contributed by atoms with Crippen molar-refractivity contribution in [1.82, 2.24) is 15.6 Å². The van der Waals surface area contributed by atoms with E-state index in [1.54, 1.807) is 12.4 Å². The van der Waals surface area contributed by atoms with Crippen molar-refractivity contribution >= 4 is 17.3 Å². The minimum atomic E-state index is 0.178. The van der Waals surface area contributed by atoms with Crippen LogP contribution in [0.5, 0.6) is 0 Å². The summed E-state index contributed by atoms with van der Waals surface area (Å²) in [5, 5.41) is 7.14. The van der Waals surface area contributed by atoms with Crippen LogP contribution in [0.15, 0.2) is 24.5 Å². The zero-order valence-corrected chi connectivity index (χ0v) is 11.4. The zero-order valence-electron chi connectivity index (χ0n) is 10.6. The zero-order chi connectivity index (χ0) is 12.8. The van der Waals surface area contributed by atoms with E-state index in [1.165, 1.54) is 5.56 Å². The summed E-state index contributed by atoms with van der Waals surface area (Å²) in [4.78, 5) is 4.00. The molecule has 0 unspecified atom stereocenters. The average molecular weight is 265 g/mol. The van der Waals surface area contributed by atoms with Crippen molar-refractivity contribution in [2.24, 2.45) is 0 Å². The van der Waals surface area contributed by atoms with Crippen LogP contribution in [0.1, 0.15) is 31.4 Å². The molecule has 1 aromatic rings. The first kappa shape index (κ1) is 13.2. The highest BCUT2D eigenvalue weighted by atomic mass is 32.1. The van der Waals surface area contributed by atoms with Gasteiger partial charge in [0.05, 0.1) is 12.1 Å². The molecule has 18 heavy (non-hydrogen) atoms. The van der Waals surface area contributed by atoms with E-state index in [-0.39, 0.29) is 6.04 Å². The Balaban J connectivity index is 1.73. The quantitative estimate of drug-likeness (QED) is 0.813. The lowest BCUT2D eigenvalue weighted by Crippen LogP contribution is -2.40. The van der Waals surface area contributed by atoms with Gasteiger partial charge >= 0.3 is 0 Å². The summed E-state index contributed by atoms with van der Waals surface area (Å²) in [5.74, 6) is 0. The van der Waals surface area contributed by atoms with Gasteiger partial charge in [0.2, 0.25) is 0 Å². The Hall–Kier alpha value is -1.20. The van der Waals surface area contributed by atoms with Crippen LogP contribution >= 0.6 is 12.2 Å². The number of ether oxygens (including phenoxy) is 1. The second kappa shape index (κ2) is 6.66. The van der Waals surface area contributed by atoms with Crippen LogP contribution < -0.4 is 10.6 Å². The summed E-state index contributed by atoms with van der Waals surface area (Å²) in [7, 11) is 0. The molecular weight excluding hydrogens is 246 g/mol. The van der Waals surface area contributed by atoms with Crippen molar-refractivity contribution in [3.63, 3.8) is 0 Å². The van der Waals surface area contributed by atoms with E-state index in [0.29, 0.717) is 11.2 Å². The highest BCUT2D eigenvalue weighted by molar-refractivity contribution is 7.80. The molecule has 0 aliphatic carbocycles. The molecule has 2 N–H and O–H groups in total. The molecule has 98 valence electrons. The number of rotatable bonds is 4. The molecule has 0 spiro atoms. The molecule has 0 aromatic carbocycles. The van der Waals surface area contributed by atoms with E-state index < -0.39 is 0 Å². The Labute approximate surface area is 113 Å². The molecule has 0 saturated carbocycles. The van der Waals surface area contributed by atoms with Gasteiger partial charge in [-0.2, -0.15) is 0 Å². The summed E-state index contributed by atoms with van der Waals surface area (Å²) in [6.07, 6.45) is 6.16. The highest BCUT2D eigenvalue weighted by Crippen LogP contribution is 2.11. The van der Waals surface area contributed by atoms with Gasteiger partial charge in [-0.05, 0) is 49.7 Å². The number of nitrogens with one attached hydrogen (secondary N) is 2. The SMILES string of the molecule is C[C@H](NC(=S)NC[C@H]1CCCO1)c1ccncc1. The van der Waals surface area contributed by atoms with Gasteiger partial charge in [0.1, 0.15) is 0 Å². The summed E-state index contributed by atoms with van der Waals surface area (Å²) in [6.45, 7) is 3.74. The van der Waals surface area contributed by atoms with E-state index >= 15 is 0 Å². The van der Waals surface area contributed by atoms with Crippen LogP contribution in [0.4, 0.5) is 0 Å². The number of pyridine rings is 1. The molecule has 1 aliphatic heterocycles. The van der Waals surface area contributed by atoms with Crippen molar-refractivity contribution in [3.05, 3.63) is 30.1 Å².